The summed E-state index contributed by atoms with van der Waals surface area (Å²) in [5.74, 6) is -2.75. The summed E-state index contributed by atoms with van der Waals surface area (Å²) in [6.07, 6.45) is 1.88. The van der Waals surface area contributed by atoms with Gasteiger partial charge in [0, 0.05) is 57.8 Å². The van der Waals surface area contributed by atoms with Crippen LogP contribution in [-0.4, -0.2) is 84.8 Å². The monoisotopic (exact) mass is 408 g/mol. The highest BCUT2D eigenvalue weighted by Gasteiger charge is 2.25. The summed E-state index contributed by atoms with van der Waals surface area (Å²) in [6, 6.07) is 2.97. The Balaban J connectivity index is 1.67. The summed E-state index contributed by atoms with van der Waals surface area (Å²) in [5, 5.41) is 3.16. The maximum absolute atomic E-state index is 13.6. The molecule has 1 aromatic carbocycles. The third kappa shape index (κ3) is 5.50. The van der Waals surface area contributed by atoms with Gasteiger partial charge >= 0.3 is 0 Å². The molecule has 1 aromatic rings. The highest BCUT2D eigenvalue weighted by Crippen LogP contribution is 2.14. The summed E-state index contributed by atoms with van der Waals surface area (Å²) in [7, 11) is 0. The number of nitrogens with zero attached hydrogens (tertiary/aromatic N) is 3. The molecule has 0 radical (unpaired) electrons. The number of carbonyl (C=O) groups is 3. The fourth-order valence-electron chi connectivity index (χ4n) is 3.63. The van der Waals surface area contributed by atoms with Gasteiger partial charge in [0.15, 0.2) is 11.6 Å². The highest BCUT2D eigenvalue weighted by atomic mass is 19.2. The average Bonchev–Trinajstić information content (AvgIpc) is 3.14. The molecule has 0 bridgehead atoms. The third-order valence-corrected chi connectivity index (χ3v) is 5.28. The molecule has 2 aliphatic rings. The second-order valence-electron chi connectivity index (χ2n) is 7.32. The zero-order valence-corrected chi connectivity index (χ0v) is 16.3. The van der Waals surface area contributed by atoms with Gasteiger partial charge in [-0.3, -0.25) is 14.4 Å². The Morgan fingerprint density at radius 1 is 1.10 bits per heavy atom. The van der Waals surface area contributed by atoms with Crippen molar-refractivity contribution in [3.63, 3.8) is 0 Å². The van der Waals surface area contributed by atoms with Crippen molar-refractivity contribution < 1.29 is 23.2 Å². The lowest BCUT2D eigenvalue weighted by atomic mass is 10.1. The summed E-state index contributed by atoms with van der Waals surface area (Å²) >= 11 is 0. The number of hydrogen-bond acceptors (Lipinski definition) is 4. The van der Waals surface area contributed by atoms with Crippen LogP contribution in [0, 0.1) is 11.6 Å². The van der Waals surface area contributed by atoms with Gasteiger partial charge in [0.1, 0.15) is 6.54 Å². The molecule has 3 rings (SSSR count). The second kappa shape index (κ2) is 9.78. The van der Waals surface area contributed by atoms with Gasteiger partial charge in [-0.05, 0) is 31.0 Å². The molecule has 0 aromatic heterocycles. The van der Waals surface area contributed by atoms with Crippen LogP contribution in [0.2, 0.25) is 0 Å². The second-order valence-corrected chi connectivity index (χ2v) is 7.32. The number of nitrogens with one attached hydrogen (secondary N) is 1. The molecule has 2 saturated heterocycles. The molecule has 0 unspecified atom stereocenters. The fourth-order valence-corrected chi connectivity index (χ4v) is 3.63. The van der Waals surface area contributed by atoms with E-state index in [1.807, 2.05) is 0 Å². The normalized spacial score (nSPS) is 17.0. The van der Waals surface area contributed by atoms with Crippen molar-refractivity contribution in [2.75, 3.05) is 52.4 Å². The Morgan fingerprint density at radius 2 is 1.86 bits per heavy atom. The van der Waals surface area contributed by atoms with Gasteiger partial charge in [0.2, 0.25) is 11.8 Å². The Hall–Kier alpha value is -2.55. The minimum absolute atomic E-state index is 0.00532. The van der Waals surface area contributed by atoms with Crippen molar-refractivity contribution in [3.05, 3.63) is 35.4 Å². The Bertz CT molecular complexity index is 768. The van der Waals surface area contributed by atoms with Crippen LogP contribution < -0.4 is 5.32 Å². The van der Waals surface area contributed by atoms with Crippen molar-refractivity contribution in [3.8, 4) is 0 Å². The molecular weight excluding hydrogens is 382 g/mol. The summed E-state index contributed by atoms with van der Waals surface area (Å²) < 4.78 is 26.8. The number of likely N-dealkylation sites (tertiary alicyclic amines) is 1. The largest absolute Gasteiger partial charge is 0.343 e. The first kappa shape index (κ1) is 21.2. The average molecular weight is 408 g/mol. The zero-order valence-electron chi connectivity index (χ0n) is 16.3. The van der Waals surface area contributed by atoms with Crippen molar-refractivity contribution in [1.29, 1.82) is 0 Å². The molecule has 158 valence electrons. The predicted octanol–water partition coefficient (Wildman–Crippen LogP) is 0.851. The van der Waals surface area contributed by atoms with Gasteiger partial charge in [-0.2, -0.15) is 0 Å². The topological polar surface area (TPSA) is 73.0 Å². The van der Waals surface area contributed by atoms with Crippen LogP contribution in [0.15, 0.2) is 18.2 Å². The molecule has 0 atom stereocenters. The van der Waals surface area contributed by atoms with Crippen LogP contribution >= 0.6 is 0 Å². The zero-order chi connectivity index (χ0) is 20.8. The summed E-state index contributed by atoms with van der Waals surface area (Å²) in [4.78, 5) is 42.1. The van der Waals surface area contributed by atoms with Crippen molar-refractivity contribution in [2.45, 2.75) is 19.3 Å². The van der Waals surface area contributed by atoms with E-state index in [1.54, 1.807) is 9.80 Å². The van der Waals surface area contributed by atoms with Crippen LogP contribution in [-0.2, 0) is 9.59 Å². The van der Waals surface area contributed by atoms with Crippen molar-refractivity contribution in [1.82, 2.24) is 20.0 Å². The number of hydrogen-bond donors (Lipinski definition) is 1. The van der Waals surface area contributed by atoms with Gasteiger partial charge in [0.25, 0.3) is 5.91 Å². The molecule has 0 saturated carbocycles. The van der Waals surface area contributed by atoms with Crippen LogP contribution in [0.3, 0.4) is 0 Å². The molecular formula is C20H26F2N4O3. The quantitative estimate of drug-likeness (QED) is 0.726. The SMILES string of the molecule is O=C1CCCN1CCCN(CC(=O)N1CCNCC1)C(=O)c1ccc(F)c(F)c1. The number of piperazine rings is 1. The van der Waals surface area contributed by atoms with Gasteiger partial charge in [-0.1, -0.05) is 0 Å². The lowest BCUT2D eigenvalue weighted by molar-refractivity contribution is -0.132. The van der Waals surface area contributed by atoms with E-state index < -0.39 is 17.5 Å². The Labute approximate surface area is 168 Å². The number of amides is 3. The lowest BCUT2D eigenvalue weighted by Gasteiger charge is -2.31. The minimum Gasteiger partial charge on any atom is -0.343 e. The number of carbonyl (C=O) groups excluding carboxylic acids is 3. The van der Waals surface area contributed by atoms with E-state index in [1.165, 1.54) is 11.0 Å². The number of halogens is 2. The Morgan fingerprint density at radius 3 is 2.52 bits per heavy atom. The maximum Gasteiger partial charge on any atom is 0.254 e. The summed E-state index contributed by atoms with van der Waals surface area (Å²) in [6.45, 7) is 3.84. The van der Waals surface area contributed by atoms with E-state index in [-0.39, 0.29) is 30.5 Å². The third-order valence-electron chi connectivity index (χ3n) is 5.28. The van der Waals surface area contributed by atoms with E-state index in [4.69, 9.17) is 0 Å². The van der Waals surface area contributed by atoms with Crippen molar-refractivity contribution in [2.24, 2.45) is 0 Å². The first-order valence-corrected chi connectivity index (χ1v) is 9.96. The van der Waals surface area contributed by atoms with E-state index in [9.17, 15) is 23.2 Å². The van der Waals surface area contributed by atoms with Gasteiger partial charge in [-0.25, -0.2) is 8.78 Å². The van der Waals surface area contributed by atoms with Crippen LogP contribution in [0.5, 0.6) is 0 Å². The Kier molecular flexibility index (Phi) is 7.13. The van der Waals surface area contributed by atoms with Gasteiger partial charge < -0.3 is 20.0 Å². The molecule has 2 heterocycles. The first-order valence-electron chi connectivity index (χ1n) is 9.96. The van der Waals surface area contributed by atoms with E-state index in [2.05, 4.69) is 5.32 Å². The fraction of sp³-hybridized carbons (Fsp3) is 0.550. The molecule has 2 fully saturated rings. The van der Waals surface area contributed by atoms with E-state index >= 15 is 0 Å². The molecule has 29 heavy (non-hydrogen) atoms. The predicted molar refractivity (Wildman–Crippen MR) is 102 cm³/mol. The smallest absolute Gasteiger partial charge is 0.254 e. The van der Waals surface area contributed by atoms with Crippen LogP contribution in [0.4, 0.5) is 8.78 Å². The number of benzene rings is 1. The maximum atomic E-state index is 13.6. The van der Waals surface area contributed by atoms with Gasteiger partial charge in [0.05, 0.1) is 0 Å². The molecule has 9 heteroatoms. The standard InChI is InChI=1S/C20H26F2N4O3/c21-16-5-4-15(13-17(16)22)20(29)26(10-2-9-24-8-1-3-18(24)27)14-19(28)25-11-6-23-7-12-25/h4-5,13,23H,1-3,6-12,14H2. The molecule has 2 aliphatic heterocycles. The molecule has 1 N–H and O–H groups in total. The van der Waals surface area contributed by atoms with E-state index in [0.29, 0.717) is 52.1 Å². The van der Waals surface area contributed by atoms with Crippen LogP contribution in [0.1, 0.15) is 29.6 Å². The van der Waals surface area contributed by atoms with E-state index in [0.717, 1.165) is 18.6 Å². The molecule has 0 spiro atoms. The molecule has 3 amide bonds. The van der Waals surface area contributed by atoms with Crippen LogP contribution in [0.25, 0.3) is 0 Å². The number of rotatable bonds is 7. The highest BCUT2D eigenvalue weighted by molar-refractivity contribution is 5.96. The lowest BCUT2D eigenvalue weighted by Crippen LogP contribution is -2.50. The molecule has 7 nitrogen and oxygen atoms in total. The minimum atomic E-state index is -1.10. The van der Waals surface area contributed by atoms with Gasteiger partial charge in [-0.15, -0.1) is 0 Å². The summed E-state index contributed by atoms with van der Waals surface area (Å²) in [5.41, 5.74) is -0.00532. The molecule has 0 aliphatic carbocycles. The first-order chi connectivity index (χ1) is 14.0. The van der Waals surface area contributed by atoms with Crippen molar-refractivity contribution >= 4 is 17.7 Å².